The minimum absolute atomic E-state index is 0.0998. The second-order valence-corrected chi connectivity index (χ2v) is 12.9. The summed E-state index contributed by atoms with van der Waals surface area (Å²) >= 11 is 0. The van der Waals surface area contributed by atoms with Gasteiger partial charge in [-0.2, -0.15) is 0 Å². The lowest BCUT2D eigenvalue weighted by atomic mass is 9.70. The third-order valence-corrected chi connectivity index (χ3v) is 9.47. The number of Topliss-reactive ketones (excluding diaryl/α,β-unsaturated/α-hetero) is 1. The molecule has 1 aromatic heterocycles. The van der Waals surface area contributed by atoms with E-state index in [1.165, 1.54) is 22.3 Å². The van der Waals surface area contributed by atoms with Gasteiger partial charge in [-0.1, -0.05) is 135 Å². The first-order valence-corrected chi connectivity index (χ1v) is 19.5. The highest BCUT2D eigenvalue weighted by molar-refractivity contribution is 6.05. The van der Waals surface area contributed by atoms with E-state index in [0.717, 1.165) is 56.1 Å². The van der Waals surface area contributed by atoms with Gasteiger partial charge in [0.05, 0.1) is 5.41 Å². The van der Waals surface area contributed by atoms with Crippen molar-refractivity contribution in [3.63, 3.8) is 0 Å². The van der Waals surface area contributed by atoms with Gasteiger partial charge in [-0.25, -0.2) is 4.39 Å². The van der Waals surface area contributed by atoms with Gasteiger partial charge in [0.25, 0.3) is 5.91 Å². The summed E-state index contributed by atoms with van der Waals surface area (Å²) in [5.74, 6) is 0.211. The van der Waals surface area contributed by atoms with Crippen LogP contribution < -0.4 is 5.32 Å². The molecule has 0 spiro atoms. The molecule has 1 aliphatic heterocycles. The summed E-state index contributed by atoms with van der Waals surface area (Å²) in [5, 5.41) is 5.13. The number of nitrogens with zero attached hydrogens (tertiary/aromatic N) is 2. The van der Waals surface area contributed by atoms with E-state index in [1.807, 2.05) is 85.7 Å². The van der Waals surface area contributed by atoms with Gasteiger partial charge in [0.1, 0.15) is 17.1 Å². The summed E-state index contributed by atoms with van der Waals surface area (Å²) in [6.45, 7) is 21.8. The molecule has 4 aromatic rings. The van der Waals surface area contributed by atoms with Crippen LogP contribution in [0, 0.1) is 0 Å². The smallest absolute Gasteiger partial charge is 0.270 e. The van der Waals surface area contributed by atoms with Crippen molar-refractivity contribution in [3.05, 3.63) is 102 Å². The van der Waals surface area contributed by atoms with Gasteiger partial charge in [0, 0.05) is 37.1 Å². The molecular weight excluding hydrogens is 634 g/mol. The second-order valence-electron chi connectivity index (χ2n) is 12.9. The molecule has 1 atom stereocenters. The van der Waals surface area contributed by atoms with E-state index in [2.05, 4.69) is 63.7 Å². The Morgan fingerprint density at radius 1 is 0.843 bits per heavy atom. The van der Waals surface area contributed by atoms with Crippen molar-refractivity contribution in [2.45, 2.75) is 125 Å². The van der Waals surface area contributed by atoms with Gasteiger partial charge in [0.15, 0.2) is 0 Å². The lowest BCUT2D eigenvalue weighted by molar-refractivity contribution is -0.123. The van der Waals surface area contributed by atoms with Crippen molar-refractivity contribution in [2.24, 2.45) is 0 Å². The largest absolute Gasteiger partial charge is 0.347 e. The number of amides is 1. The normalized spacial score (nSPS) is 15.2. The maximum absolute atomic E-state index is 13.6. The molecule has 2 aliphatic rings. The molecular formula is C45H64FN3O2. The average molecular weight is 698 g/mol. The van der Waals surface area contributed by atoms with E-state index in [4.69, 9.17) is 0 Å². The Bertz CT molecular complexity index is 1590. The van der Waals surface area contributed by atoms with E-state index in [0.29, 0.717) is 24.3 Å². The van der Waals surface area contributed by atoms with Crippen LogP contribution in [-0.4, -0.2) is 52.9 Å². The van der Waals surface area contributed by atoms with E-state index in [-0.39, 0.29) is 11.9 Å². The van der Waals surface area contributed by atoms with E-state index in [1.54, 1.807) is 20.0 Å². The summed E-state index contributed by atoms with van der Waals surface area (Å²) in [6.07, 6.45) is 6.60. The molecule has 0 radical (unpaired) electrons. The van der Waals surface area contributed by atoms with Gasteiger partial charge in [-0.3, -0.25) is 14.6 Å². The Morgan fingerprint density at radius 2 is 1.39 bits per heavy atom. The number of rotatable bonds is 10. The van der Waals surface area contributed by atoms with Crippen molar-refractivity contribution >= 4 is 22.5 Å². The number of benzene rings is 3. The quantitative estimate of drug-likeness (QED) is 0.168. The number of hydrogen-bond donors (Lipinski definition) is 1. The Kier molecular flexibility index (Phi) is 18.2. The highest BCUT2D eigenvalue weighted by atomic mass is 19.1. The first kappa shape index (κ1) is 43.3. The molecule has 5 nitrogen and oxygen atoms in total. The monoisotopic (exact) mass is 697 g/mol. The number of ketones is 1. The topological polar surface area (TPSA) is 62.3 Å². The minimum atomic E-state index is -0.958. The number of unbranched alkanes of at least 4 members (excludes halogenated alkanes) is 1. The van der Waals surface area contributed by atoms with Crippen LogP contribution in [0.3, 0.4) is 0 Å². The zero-order valence-corrected chi connectivity index (χ0v) is 33.1. The first-order chi connectivity index (χ1) is 24.7. The van der Waals surface area contributed by atoms with E-state index in [9.17, 15) is 14.0 Å². The average Bonchev–Trinajstić information content (AvgIpc) is 3.75. The van der Waals surface area contributed by atoms with E-state index >= 15 is 0 Å². The van der Waals surface area contributed by atoms with Crippen molar-refractivity contribution in [1.29, 1.82) is 0 Å². The molecule has 0 bridgehead atoms. The van der Waals surface area contributed by atoms with Crippen molar-refractivity contribution in [2.75, 3.05) is 19.6 Å². The summed E-state index contributed by atoms with van der Waals surface area (Å²) in [7, 11) is 0. The highest BCUT2D eigenvalue weighted by Gasteiger charge is 2.47. The second kappa shape index (κ2) is 21.5. The van der Waals surface area contributed by atoms with Crippen LogP contribution in [-0.2, 0) is 10.2 Å². The number of carbonyl (C=O) groups excluding carboxylic acids is 2. The SMILES string of the molecule is CC.CC.CC.CCC(=O)C1(CCCCN2CCC(NC(=O)c3nccc4ccccc34)C2)c2ccccc2-c2ccccc21.CCC(C)(C)F. The van der Waals surface area contributed by atoms with Crippen LogP contribution in [0.5, 0.6) is 0 Å². The number of pyridine rings is 1. The lowest BCUT2D eigenvalue weighted by Gasteiger charge is -2.31. The van der Waals surface area contributed by atoms with Crippen LogP contribution in [0.15, 0.2) is 85.1 Å². The molecule has 6 heteroatoms. The summed E-state index contributed by atoms with van der Waals surface area (Å²) in [4.78, 5) is 33.4. The minimum Gasteiger partial charge on any atom is -0.347 e. The number of nitrogens with one attached hydrogen (secondary N) is 1. The van der Waals surface area contributed by atoms with Crippen LogP contribution in [0.4, 0.5) is 4.39 Å². The van der Waals surface area contributed by atoms with Gasteiger partial charge in [0.2, 0.25) is 0 Å². The number of likely N-dealkylation sites (tertiary alicyclic amines) is 1. The molecule has 6 rings (SSSR count). The molecule has 2 heterocycles. The number of carbonyl (C=O) groups is 2. The van der Waals surface area contributed by atoms with Crippen LogP contribution >= 0.6 is 0 Å². The first-order valence-electron chi connectivity index (χ1n) is 19.5. The molecule has 1 aliphatic carbocycles. The number of alkyl halides is 1. The fraction of sp³-hybridized carbons (Fsp3) is 0.489. The Balaban J connectivity index is 0.000000665. The molecule has 1 unspecified atom stereocenters. The van der Waals surface area contributed by atoms with Gasteiger partial charge < -0.3 is 10.2 Å². The summed E-state index contributed by atoms with van der Waals surface area (Å²) in [5.41, 5.74) is 3.74. The zero-order chi connectivity index (χ0) is 38.0. The molecule has 3 aromatic carbocycles. The Morgan fingerprint density at radius 3 is 1.96 bits per heavy atom. The van der Waals surface area contributed by atoms with Crippen LogP contribution in [0.25, 0.3) is 21.9 Å². The molecule has 278 valence electrons. The van der Waals surface area contributed by atoms with Crippen LogP contribution in [0.1, 0.15) is 129 Å². The molecule has 0 saturated carbocycles. The Hall–Kier alpha value is -3.90. The van der Waals surface area contributed by atoms with Crippen molar-refractivity contribution in [1.82, 2.24) is 15.2 Å². The Labute approximate surface area is 308 Å². The maximum atomic E-state index is 13.6. The fourth-order valence-corrected chi connectivity index (χ4v) is 6.77. The summed E-state index contributed by atoms with van der Waals surface area (Å²) < 4.78 is 12.1. The lowest BCUT2D eigenvalue weighted by Crippen LogP contribution is -2.38. The molecule has 1 saturated heterocycles. The molecule has 1 N–H and O–H groups in total. The van der Waals surface area contributed by atoms with Crippen molar-refractivity contribution < 1.29 is 14.0 Å². The maximum Gasteiger partial charge on any atom is 0.270 e. The summed E-state index contributed by atoms with van der Waals surface area (Å²) in [6, 6.07) is 26.8. The zero-order valence-electron chi connectivity index (χ0n) is 33.1. The van der Waals surface area contributed by atoms with Gasteiger partial charge in [-0.05, 0) is 79.8 Å². The molecule has 1 amide bonds. The third kappa shape index (κ3) is 10.8. The fourth-order valence-electron chi connectivity index (χ4n) is 6.77. The standard InChI is InChI=1S/C34H35N3O2.C5H11F.3C2H6/c1-2-31(38)34(29-15-7-5-13-27(29)28-14-6-8-16-30(28)34)19-9-10-21-37-22-18-25(23-37)36-33(39)32-26-12-4-3-11-24(26)17-20-35-32;1-4-5(2,3)6;3*1-2/h3-8,11-17,20,25H,2,9-10,18-19,21-23H2,1H3,(H,36,39);4H2,1-3H3;3*1-2H3. The van der Waals surface area contributed by atoms with Gasteiger partial charge >= 0.3 is 0 Å². The van der Waals surface area contributed by atoms with Crippen molar-refractivity contribution in [3.8, 4) is 11.1 Å². The molecule has 1 fully saturated rings. The number of halogens is 1. The predicted molar refractivity (Wildman–Crippen MR) is 215 cm³/mol. The number of aromatic nitrogens is 1. The number of fused-ring (bicyclic) bond motifs is 4. The van der Waals surface area contributed by atoms with Gasteiger partial charge in [-0.15, -0.1) is 0 Å². The highest BCUT2D eigenvalue weighted by Crippen LogP contribution is 2.52. The van der Waals surface area contributed by atoms with Crippen LogP contribution in [0.2, 0.25) is 0 Å². The number of hydrogen-bond acceptors (Lipinski definition) is 4. The third-order valence-electron chi connectivity index (χ3n) is 9.47. The molecule has 51 heavy (non-hydrogen) atoms. The predicted octanol–water partition coefficient (Wildman–Crippen LogP) is 11.4. The van der Waals surface area contributed by atoms with E-state index < -0.39 is 11.1 Å².